The molecule has 0 saturated carbocycles. The van der Waals surface area contributed by atoms with Gasteiger partial charge in [0.2, 0.25) is 10.0 Å². The van der Waals surface area contributed by atoms with Crippen LogP contribution in [-0.4, -0.2) is 27.5 Å². The minimum atomic E-state index is -3.53. The fourth-order valence-corrected chi connectivity index (χ4v) is 3.93. The van der Waals surface area contributed by atoms with Crippen molar-refractivity contribution in [3.8, 4) is 0 Å². The van der Waals surface area contributed by atoms with Gasteiger partial charge in [-0.25, -0.2) is 13.1 Å². The third-order valence-electron chi connectivity index (χ3n) is 3.00. The number of sulfonamides is 1. The Morgan fingerprint density at radius 1 is 1.42 bits per heavy atom. The molecule has 0 radical (unpaired) electrons. The molecule has 0 aromatic heterocycles. The summed E-state index contributed by atoms with van der Waals surface area (Å²) in [7, 11) is -3.53. The van der Waals surface area contributed by atoms with Crippen LogP contribution in [0.2, 0.25) is 5.02 Å². The molecule has 0 aliphatic carbocycles. The minimum Gasteiger partial charge on any atom is -0.315 e. The maximum Gasteiger partial charge on any atom is 0.242 e. The van der Waals surface area contributed by atoms with Crippen LogP contribution in [0.25, 0.3) is 0 Å². The molecular weight excluding hydrogens is 307 g/mol. The lowest BCUT2D eigenvalue weighted by Crippen LogP contribution is -2.45. The van der Waals surface area contributed by atoms with Crippen LogP contribution in [0, 0.1) is 6.92 Å². The van der Waals surface area contributed by atoms with Gasteiger partial charge in [0.05, 0.1) is 5.02 Å². The number of piperidine rings is 1. The van der Waals surface area contributed by atoms with Gasteiger partial charge in [-0.1, -0.05) is 17.7 Å². The lowest BCUT2D eigenvalue weighted by atomic mass is 10.1. The summed E-state index contributed by atoms with van der Waals surface area (Å²) in [5, 5.41) is 3.44. The second kappa shape index (κ2) is 6.90. The number of nitrogens with one attached hydrogen (secondary N) is 2. The van der Waals surface area contributed by atoms with E-state index >= 15 is 0 Å². The summed E-state index contributed by atoms with van der Waals surface area (Å²) in [6.45, 7) is 3.49. The van der Waals surface area contributed by atoms with Crippen molar-refractivity contribution in [3.63, 3.8) is 0 Å². The quantitative estimate of drug-likeness (QED) is 0.895. The predicted molar refractivity (Wildman–Crippen MR) is 79.7 cm³/mol. The summed E-state index contributed by atoms with van der Waals surface area (Å²) in [5.41, 5.74) is 0.943. The highest BCUT2D eigenvalue weighted by atomic mass is 35.5. The number of rotatable bonds is 3. The van der Waals surface area contributed by atoms with E-state index in [4.69, 9.17) is 11.6 Å². The molecule has 1 heterocycles. The zero-order valence-electron chi connectivity index (χ0n) is 10.6. The third kappa shape index (κ3) is 4.33. The fraction of sp³-hybridized carbons (Fsp3) is 0.500. The van der Waals surface area contributed by atoms with Crippen LogP contribution in [0.4, 0.5) is 0 Å². The van der Waals surface area contributed by atoms with Gasteiger partial charge in [-0.3, -0.25) is 0 Å². The third-order valence-corrected chi connectivity index (χ3v) is 5.00. The molecule has 4 nitrogen and oxygen atoms in total. The van der Waals surface area contributed by atoms with Crippen molar-refractivity contribution in [2.75, 3.05) is 13.1 Å². The van der Waals surface area contributed by atoms with Gasteiger partial charge >= 0.3 is 0 Å². The van der Waals surface area contributed by atoms with E-state index in [9.17, 15) is 8.42 Å². The van der Waals surface area contributed by atoms with Gasteiger partial charge in [0.25, 0.3) is 0 Å². The molecule has 1 atom stereocenters. The molecule has 1 aliphatic rings. The second-order valence-corrected chi connectivity index (χ2v) is 6.69. The van der Waals surface area contributed by atoms with E-state index in [0.29, 0.717) is 6.54 Å². The molecule has 7 heteroatoms. The van der Waals surface area contributed by atoms with Crippen molar-refractivity contribution >= 4 is 34.0 Å². The molecule has 2 rings (SSSR count). The van der Waals surface area contributed by atoms with Crippen molar-refractivity contribution in [1.82, 2.24) is 10.0 Å². The van der Waals surface area contributed by atoms with E-state index in [2.05, 4.69) is 10.0 Å². The van der Waals surface area contributed by atoms with Crippen molar-refractivity contribution < 1.29 is 8.42 Å². The zero-order chi connectivity index (χ0) is 13.2. The molecule has 0 bridgehead atoms. The summed E-state index contributed by atoms with van der Waals surface area (Å²) in [4.78, 5) is 0.153. The van der Waals surface area contributed by atoms with E-state index < -0.39 is 10.0 Å². The van der Waals surface area contributed by atoms with Gasteiger partial charge < -0.3 is 5.32 Å². The Morgan fingerprint density at radius 2 is 2.16 bits per heavy atom. The van der Waals surface area contributed by atoms with Gasteiger partial charge in [-0.05, 0) is 44.0 Å². The SMILES string of the molecule is Cc1ccc(S(=O)(=O)N[C@H]2CCCNC2)c(Cl)c1.Cl. The first-order chi connectivity index (χ1) is 8.49. The first-order valence-electron chi connectivity index (χ1n) is 5.98. The maximum absolute atomic E-state index is 12.2. The van der Waals surface area contributed by atoms with Crippen LogP contribution in [0.1, 0.15) is 18.4 Å². The Kier molecular flexibility index (Phi) is 6.08. The van der Waals surface area contributed by atoms with Crippen LogP contribution in [0.5, 0.6) is 0 Å². The molecule has 19 heavy (non-hydrogen) atoms. The van der Waals surface area contributed by atoms with Crippen LogP contribution in [0.15, 0.2) is 23.1 Å². The summed E-state index contributed by atoms with van der Waals surface area (Å²) < 4.78 is 27.1. The molecule has 1 saturated heterocycles. The number of hydrogen-bond donors (Lipinski definition) is 2. The van der Waals surface area contributed by atoms with Crippen molar-refractivity contribution in [2.45, 2.75) is 30.7 Å². The second-order valence-electron chi connectivity index (χ2n) is 4.60. The molecule has 0 amide bonds. The molecule has 108 valence electrons. The van der Waals surface area contributed by atoms with E-state index in [1.54, 1.807) is 18.2 Å². The van der Waals surface area contributed by atoms with Crippen molar-refractivity contribution in [1.29, 1.82) is 0 Å². The van der Waals surface area contributed by atoms with Gasteiger partial charge in [0, 0.05) is 12.6 Å². The minimum absolute atomic E-state index is 0. The van der Waals surface area contributed by atoms with Crippen LogP contribution < -0.4 is 10.0 Å². The topological polar surface area (TPSA) is 58.2 Å². The number of halogens is 2. The molecule has 1 aromatic rings. The number of hydrogen-bond acceptors (Lipinski definition) is 3. The van der Waals surface area contributed by atoms with Gasteiger partial charge in [-0.15, -0.1) is 12.4 Å². The average Bonchev–Trinajstić information content (AvgIpc) is 2.29. The Balaban J connectivity index is 0.00000180. The normalized spacial score (nSPS) is 19.8. The highest BCUT2D eigenvalue weighted by molar-refractivity contribution is 7.89. The Labute approximate surface area is 125 Å². The Bertz CT molecular complexity index is 529. The van der Waals surface area contributed by atoms with Crippen molar-refractivity contribution in [3.05, 3.63) is 28.8 Å². The van der Waals surface area contributed by atoms with Gasteiger partial charge in [0.1, 0.15) is 4.90 Å². The molecule has 0 unspecified atom stereocenters. The predicted octanol–water partition coefficient (Wildman–Crippen LogP) is 2.10. The Morgan fingerprint density at radius 3 is 2.74 bits per heavy atom. The van der Waals surface area contributed by atoms with Crippen LogP contribution in [0.3, 0.4) is 0 Å². The summed E-state index contributed by atoms with van der Waals surface area (Å²) in [5.74, 6) is 0. The Hall–Kier alpha value is -0.330. The number of aryl methyl sites for hydroxylation is 1. The molecule has 1 fully saturated rings. The van der Waals surface area contributed by atoms with Crippen molar-refractivity contribution in [2.24, 2.45) is 0 Å². The average molecular weight is 325 g/mol. The lowest BCUT2D eigenvalue weighted by Gasteiger charge is -2.23. The van der Waals surface area contributed by atoms with Crippen LogP contribution >= 0.6 is 24.0 Å². The van der Waals surface area contributed by atoms with Gasteiger partial charge in [-0.2, -0.15) is 0 Å². The maximum atomic E-state index is 12.2. The highest BCUT2D eigenvalue weighted by Crippen LogP contribution is 2.22. The molecule has 1 aliphatic heterocycles. The largest absolute Gasteiger partial charge is 0.315 e. The van der Waals surface area contributed by atoms with E-state index in [-0.39, 0.29) is 28.4 Å². The summed E-state index contributed by atoms with van der Waals surface area (Å²) in [6.07, 6.45) is 1.84. The fourth-order valence-electron chi connectivity index (χ4n) is 2.06. The number of benzene rings is 1. The summed E-state index contributed by atoms with van der Waals surface area (Å²) in [6, 6.07) is 4.91. The smallest absolute Gasteiger partial charge is 0.242 e. The first-order valence-corrected chi connectivity index (χ1v) is 7.84. The summed E-state index contributed by atoms with van der Waals surface area (Å²) >= 11 is 6.00. The van der Waals surface area contributed by atoms with Crippen LogP contribution in [-0.2, 0) is 10.0 Å². The first kappa shape index (κ1) is 16.7. The van der Waals surface area contributed by atoms with E-state index in [1.807, 2.05) is 6.92 Å². The molecule has 2 N–H and O–H groups in total. The van der Waals surface area contributed by atoms with E-state index in [1.165, 1.54) is 0 Å². The lowest BCUT2D eigenvalue weighted by molar-refractivity contribution is 0.428. The molecule has 0 spiro atoms. The van der Waals surface area contributed by atoms with E-state index in [0.717, 1.165) is 24.9 Å². The van der Waals surface area contributed by atoms with Gasteiger partial charge in [0.15, 0.2) is 0 Å². The molecular formula is C12H18Cl2N2O2S. The monoisotopic (exact) mass is 324 g/mol. The zero-order valence-corrected chi connectivity index (χ0v) is 13.0. The standard InChI is InChI=1S/C12H17ClN2O2S.ClH/c1-9-4-5-12(11(13)7-9)18(16,17)15-10-3-2-6-14-8-10;/h4-5,7,10,14-15H,2-3,6,8H2,1H3;1H/t10-;/m0./s1. The highest BCUT2D eigenvalue weighted by Gasteiger charge is 2.23. The molecule has 1 aromatic carbocycles.